The van der Waals surface area contributed by atoms with Crippen LogP contribution < -0.4 is 5.32 Å². The average Bonchev–Trinajstić information content (AvgIpc) is 2.53. The number of aromatic nitrogens is 2. The highest BCUT2D eigenvalue weighted by Gasteiger charge is 2.11. The van der Waals surface area contributed by atoms with Gasteiger partial charge in [0.05, 0.1) is 22.4 Å². The van der Waals surface area contributed by atoms with E-state index >= 15 is 0 Å². The predicted octanol–water partition coefficient (Wildman–Crippen LogP) is 4.48. The van der Waals surface area contributed by atoms with E-state index in [-0.39, 0.29) is 0 Å². The lowest BCUT2D eigenvalue weighted by Crippen LogP contribution is -2.08. The van der Waals surface area contributed by atoms with Crippen molar-refractivity contribution in [3.63, 3.8) is 0 Å². The molecule has 2 aromatic rings. The van der Waals surface area contributed by atoms with Gasteiger partial charge in [-0.15, -0.1) is 0 Å². The Morgan fingerprint density at radius 1 is 1.16 bits per heavy atom. The van der Waals surface area contributed by atoms with Crippen LogP contribution in [0.25, 0.3) is 0 Å². The van der Waals surface area contributed by atoms with Crippen LogP contribution >= 0.6 is 31.9 Å². The Hall–Kier alpha value is -0.810. The van der Waals surface area contributed by atoms with Crippen molar-refractivity contribution in [2.75, 3.05) is 5.32 Å². The van der Waals surface area contributed by atoms with Crippen LogP contribution in [0.3, 0.4) is 0 Å². The molecule has 0 aliphatic heterocycles. The first-order valence-electron chi connectivity index (χ1n) is 6.08. The highest BCUT2D eigenvalue weighted by molar-refractivity contribution is 9.10. The first kappa shape index (κ1) is 14.6. The zero-order chi connectivity index (χ0) is 14.2. The van der Waals surface area contributed by atoms with Crippen molar-refractivity contribution in [1.29, 1.82) is 0 Å². The van der Waals surface area contributed by atoms with Crippen molar-refractivity contribution in [3.05, 3.63) is 43.6 Å². The average molecular weight is 387 g/mol. The summed E-state index contributed by atoms with van der Waals surface area (Å²) in [5.41, 5.74) is 5.83. The fourth-order valence-corrected chi connectivity index (χ4v) is 3.40. The number of anilines is 1. The van der Waals surface area contributed by atoms with Gasteiger partial charge in [0.2, 0.25) is 0 Å². The van der Waals surface area contributed by atoms with Gasteiger partial charge in [0.1, 0.15) is 0 Å². The quantitative estimate of drug-likeness (QED) is 0.842. The summed E-state index contributed by atoms with van der Waals surface area (Å²) in [6.45, 7) is 6.98. The van der Waals surface area contributed by atoms with Gasteiger partial charge in [0.25, 0.3) is 0 Å². The lowest BCUT2D eigenvalue weighted by atomic mass is 10.1. The van der Waals surface area contributed by atoms with Crippen LogP contribution in [-0.4, -0.2) is 9.78 Å². The van der Waals surface area contributed by atoms with Gasteiger partial charge in [-0.05, 0) is 60.0 Å². The van der Waals surface area contributed by atoms with Crippen LogP contribution in [0.1, 0.15) is 22.5 Å². The minimum Gasteiger partial charge on any atom is -0.379 e. The second-order valence-electron chi connectivity index (χ2n) is 4.74. The lowest BCUT2D eigenvalue weighted by molar-refractivity contribution is 0.712. The molecule has 0 saturated heterocycles. The van der Waals surface area contributed by atoms with E-state index in [4.69, 9.17) is 0 Å². The smallest absolute Gasteiger partial charge is 0.0739 e. The Morgan fingerprint density at radius 2 is 1.74 bits per heavy atom. The zero-order valence-electron chi connectivity index (χ0n) is 11.5. The Morgan fingerprint density at radius 3 is 2.21 bits per heavy atom. The number of hydrogen-bond donors (Lipinski definition) is 1. The van der Waals surface area contributed by atoms with Gasteiger partial charge >= 0.3 is 0 Å². The summed E-state index contributed by atoms with van der Waals surface area (Å²) in [6, 6.07) is 4.25. The van der Waals surface area contributed by atoms with Gasteiger partial charge in [-0.3, -0.25) is 4.68 Å². The second-order valence-corrected chi connectivity index (χ2v) is 6.45. The molecule has 1 heterocycles. The third-order valence-electron chi connectivity index (χ3n) is 3.19. The van der Waals surface area contributed by atoms with E-state index in [1.54, 1.807) is 0 Å². The molecule has 0 saturated carbocycles. The molecule has 2 rings (SSSR count). The molecule has 0 spiro atoms. The summed E-state index contributed by atoms with van der Waals surface area (Å²) < 4.78 is 4.11. The molecule has 0 amide bonds. The van der Waals surface area contributed by atoms with Gasteiger partial charge in [0.15, 0.2) is 0 Å². The number of benzene rings is 1. The molecule has 5 heteroatoms. The molecule has 1 aromatic carbocycles. The van der Waals surface area contributed by atoms with E-state index < -0.39 is 0 Å². The minimum absolute atomic E-state index is 0.751. The molecule has 0 aliphatic rings. The summed E-state index contributed by atoms with van der Waals surface area (Å²) in [7, 11) is 1.97. The number of nitrogens with zero attached hydrogens (tertiary/aromatic N) is 2. The predicted molar refractivity (Wildman–Crippen MR) is 86.6 cm³/mol. The van der Waals surface area contributed by atoms with Crippen molar-refractivity contribution < 1.29 is 0 Å². The highest BCUT2D eigenvalue weighted by Crippen LogP contribution is 2.27. The summed E-state index contributed by atoms with van der Waals surface area (Å²) in [4.78, 5) is 0. The molecule has 0 radical (unpaired) electrons. The zero-order valence-corrected chi connectivity index (χ0v) is 14.7. The van der Waals surface area contributed by atoms with E-state index in [0.29, 0.717) is 0 Å². The summed E-state index contributed by atoms with van der Waals surface area (Å²) in [5, 5.41) is 7.91. The molecule has 102 valence electrons. The van der Waals surface area contributed by atoms with Crippen LogP contribution in [0.4, 0.5) is 5.69 Å². The largest absolute Gasteiger partial charge is 0.379 e. The van der Waals surface area contributed by atoms with E-state index in [1.165, 1.54) is 16.8 Å². The maximum absolute atomic E-state index is 4.40. The highest BCUT2D eigenvalue weighted by atomic mass is 79.9. The fourth-order valence-electron chi connectivity index (χ4n) is 2.23. The maximum atomic E-state index is 4.40. The van der Waals surface area contributed by atoms with E-state index in [2.05, 4.69) is 68.3 Å². The van der Waals surface area contributed by atoms with Crippen molar-refractivity contribution in [2.24, 2.45) is 7.05 Å². The normalized spacial score (nSPS) is 10.8. The molecule has 0 atom stereocenters. The molecule has 1 aromatic heterocycles. The minimum atomic E-state index is 0.751. The number of nitrogens with one attached hydrogen (secondary N) is 1. The van der Waals surface area contributed by atoms with Gasteiger partial charge in [0, 0.05) is 17.2 Å². The Kier molecular flexibility index (Phi) is 4.36. The molecule has 1 N–H and O–H groups in total. The van der Waals surface area contributed by atoms with Crippen LogP contribution in [0.5, 0.6) is 0 Å². The monoisotopic (exact) mass is 385 g/mol. The third kappa shape index (κ3) is 3.03. The lowest BCUT2D eigenvalue weighted by Gasteiger charge is -2.14. The number of halogens is 2. The Labute approximate surface area is 130 Å². The molecule has 0 unspecified atom stereocenters. The maximum Gasteiger partial charge on any atom is 0.0739 e. The summed E-state index contributed by atoms with van der Waals surface area (Å²) in [5.74, 6) is 0. The molecule has 0 bridgehead atoms. The third-order valence-corrected chi connectivity index (χ3v) is 4.68. The van der Waals surface area contributed by atoms with Crippen LogP contribution in [0.15, 0.2) is 21.1 Å². The van der Waals surface area contributed by atoms with Crippen molar-refractivity contribution >= 4 is 37.5 Å². The number of hydrogen-bond acceptors (Lipinski definition) is 2. The Bertz CT molecular complexity index is 594. The summed E-state index contributed by atoms with van der Waals surface area (Å²) in [6.07, 6.45) is 0. The van der Waals surface area contributed by atoms with Crippen LogP contribution in [0, 0.1) is 20.8 Å². The van der Waals surface area contributed by atoms with Gasteiger partial charge in [-0.25, -0.2) is 0 Å². The van der Waals surface area contributed by atoms with E-state index in [1.807, 2.05) is 18.7 Å². The van der Waals surface area contributed by atoms with Crippen molar-refractivity contribution in [3.8, 4) is 0 Å². The molecular formula is C14H17Br2N3. The SMILES string of the molecule is Cc1cc(Br)cc(C)c1NCc1c(Br)c(C)nn1C. The first-order valence-corrected chi connectivity index (χ1v) is 7.67. The molecule has 3 nitrogen and oxygen atoms in total. The van der Waals surface area contributed by atoms with Crippen molar-refractivity contribution in [2.45, 2.75) is 27.3 Å². The molecule has 0 fully saturated rings. The number of aryl methyl sites for hydroxylation is 4. The molecular weight excluding hydrogens is 370 g/mol. The standard InChI is InChI=1S/C14H17Br2N3/c1-8-5-11(15)6-9(2)14(8)17-7-12-13(16)10(3)18-19(12)4/h5-6,17H,7H2,1-4H3. The van der Waals surface area contributed by atoms with Gasteiger partial charge < -0.3 is 5.32 Å². The van der Waals surface area contributed by atoms with Crippen LogP contribution in [-0.2, 0) is 13.6 Å². The first-order chi connectivity index (χ1) is 8.90. The van der Waals surface area contributed by atoms with Crippen molar-refractivity contribution in [1.82, 2.24) is 9.78 Å². The topological polar surface area (TPSA) is 29.9 Å². The van der Waals surface area contributed by atoms with E-state index in [9.17, 15) is 0 Å². The molecule has 0 aliphatic carbocycles. The van der Waals surface area contributed by atoms with Gasteiger partial charge in [-0.1, -0.05) is 15.9 Å². The Balaban J connectivity index is 2.24. The van der Waals surface area contributed by atoms with Gasteiger partial charge in [-0.2, -0.15) is 5.10 Å². The fraction of sp³-hybridized carbons (Fsp3) is 0.357. The van der Waals surface area contributed by atoms with Crippen LogP contribution in [0.2, 0.25) is 0 Å². The second kappa shape index (κ2) is 5.67. The van der Waals surface area contributed by atoms with E-state index in [0.717, 1.165) is 26.9 Å². The summed E-state index contributed by atoms with van der Waals surface area (Å²) >= 11 is 7.11. The number of rotatable bonds is 3. The molecule has 19 heavy (non-hydrogen) atoms.